The van der Waals surface area contributed by atoms with Crippen molar-refractivity contribution in [2.24, 2.45) is 4.99 Å². The summed E-state index contributed by atoms with van der Waals surface area (Å²) in [5.41, 5.74) is 1.42. The Labute approximate surface area is 132 Å². The molecule has 0 saturated heterocycles. The average Bonchev–Trinajstić information content (AvgIpc) is 2.53. The van der Waals surface area contributed by atoms with Crippen molar-refractivity contribution in [2.75, 3.05) is 6.26 Å². The van der Waals surface area contributed by atoms with Gasteiger partial charge in [0.2, 0.25) is 0 Å². The van der Waals surface area contributed by atoms with Gasteiger partial charge in [0.1, 0.15) is 18.2 Å². The van der Waals surface area contributed by atoms with Crippen LogP contribution in [-0.4, -0.2) is 11.4 Å². The summed E-state index contributed by atoms with van der Waals surface area (Å²) in [6, 6.07) is 13.5. The lowest BCUT2D eigenvalue weighted by atomic mass is 10.2. The summed E-state index contributed by atoms with van der Waals surface area (Å²) in [6.45, 7) is 0.275. The minimum Gasteiger partial charge on any atom is -0.489 e. The first-order chi connectivity index (χ1) is 10.7. The van der Waals surface area contributed by atoms with E-state index in [9.17, 15) is 4.39 Å². The van der Waals surface area contributed by atoms with Crippen LogP contribution in [-0.2, 0) is 6.61 Å². The number of hydrogen-bond donors (Lipinski definition) is 1. The Balaban J connectivity index is 2.07. The molecule has 22 heavy (non-hydrogen) atoms. The predicted molar refractivity (Wildman–Crippen MR) is 86.5 cm³/mol. The number of aliphatic imine (C=N–C) groups is 1. The number of nitrogens with one attached hydrogen (secondary N) is 1. The summed E-state index contributed by atoms with van der Waals surface area (Å²) in [4.78, 5) is 4.30. The lowest BCUT2D eigenvalue weighted by molar-refractivity contribution is 0.305. The van der Waals surface area contributed by atoms with Gasteiger partial charge in [0.05, 0.1) is 5.69 Å². The summed E-state index contributed by atoms with van der Waals surface area (Å²) < 4.78 is 18.7. The van der Waals surface area contributed by atoms with Crippen LogP contribution in [0.1, 0.15) is 5.56 Å². The summed E-state index contributed by atoms with van der Waals surface area (Å²) in [7, 11) is 0. The summed E-state index contributed by atoms with van der Waals surface area (Å²) in [5, 5.41) is 11.6. The van der Waals surface area contributed by atoms with Crippen LogP contribution < -0.4 is 10.1 Å². The zero-order valence-electron chi connectivity index (χ0n) is 11.9. The van der Waals surface area contributed by atoms with Crippen molar-refractivity contribution in [1.82, 2.24) is 5.32 Å². The predicted octanol–water partition coefficient (Wildman–Crippen LogP) is 3.83. The maximum atomic E-state index is 13.1. The first-order valence-corrected chi connectivity index (χ1v) is 7.69. The molecule has 6 heteroatoms. The third kappa shape index (κ3) is 4.79. The van der Waals surface area contributed by atoms with Gasteiger partial charge in [-0.2, -0.15) is 5.26 Å². The van der Waals surface area contributed by atoms with E-state index in [2.05, 4.69) is 10.3 Å². The molecule has 0 heterocycles. The van der Waals surface area contributed by atoms with Crippen molar-refractivity contribution in [3.63, 3.8) is 0 Å². The number of benzene rings is 2. The number of amidine groups is 1. The van der Waals surface area contributed by atoms with E-state index in [0.717, 1.165) is 5.56 Å². The quantitative estimate of drug-likeness (QED) is 0.403. The molecule has 0 aliphatic carbocycles. The molecule has 2 aromatic carbocycles. The molecule has 0 unspecified atom stereocenters. The minimum atomic E-state index is -0.286. The molecule has 2 aromatic rings. The van der Waals surface area contributed by atoms with E-state index in [0.29, 0.717) is 16.6 Å². The Morgan fingerprint density at radius 3 is 2.86 bits per heavy atom. The van der Waals surface area contributed by atoms with Crippen molar-refractivity contribution in [3.8, 4) is 11.9 Å². The fraction of sp³-hybridized carbons (Fsp3) is 0.125. The SMILES string of the molecule is CSC(=Nc1cccc(OCc2cccc(F)c2)c1)NC#N. The average molecular weight is 315 g/mol. The smallest absolute Gasteiger partial charge is 0.183 e. The molecule has 0 fully saturated rings. The van der Waals surface area contributed by atoms with E-state index < -0.39 is 0 Å². The first-order valence-electron chi connectivity index (χ1n) is 6.46. The maximum Gasteiger partial charge on any atom is 0.183 e. The van der Waals surface area contributed by atoms with Crippen molar-refractivity contribution >= 4 is 22.6 Å². The Morgan fingerprint density at radius 1 is 1.32 bits per heavy atom. The highest BCUT2D eigenvalue weighted by molar-refractivity contribution is 8.13. The Kier molecular flexibility index (Phi) is 5.81. The van der Waals surface area contributed by atoms with Gasteiger partial charge in [0.25, 0.3) is 0 Å². The topological polar surface area (TPSA) is 57.4 Å². The van der Waals surface area contributed by atoms with Crippen LogP contribution >= 0.6 is 11.8 Å². The van der Waals surface area contributed by atoms with Gasteiger partial charge >= 0.3 is 0 Å². The van der Waals surface area contributed by atoms with E-state index in [-0.39, 0.29) is 12.4 Å². The second-order valence-electron chi connectivity index (χ2n) is 4.27. The van der Waals surface area contributed by atoms with Gasteiger partial charge in [-0.15, -0.1) is 0 Å². The maximum absolute atomic E-state index is 13.1. The van der Waals surface area contributed by atoms with E-state index in [1.807, 2.05) is 24.6 Å². The largest absolute Gasteiger partial charge is 0.489 e. The molecule has 0 amide bonds. The van der Waals surface area contributed by atoms with Gasteiger partial charge < -0.3 is 4.74 Å². The van der Waals surface area contributed by atoms with Crippen LogP contribution in [0.2, 0.25) is 0 Å². The van der Waals surface area contributed by atoms with Gasteiger partial charge in [-0.25, -0.2) is 9.38 Å². The zero-order chi connectivity index (χ0) is 15.8. The number of hydrogen-bond acceptors (Lipinski definition) is 4. The Bertz CT molecular complexity index is 713. The normalized spacial score (nSPS) is 10.9. The monoisotopic (exact) mass is 315 g/mol. The molecule has 0 bridgehead atoms. The minimum absolute atomic E-state index is 0.275. The third-order valence-electron chi connectivity index (χ3n) is 2.70. The molecule has 0 radical (unpaired) electrons. The van der Waals surface area contributed by atoms with Crippen LogP contribution in [0.5, 0.6) is 5.75 Å². The summed E-state index contributed by atoms with van der Waals surface area (Å²) in [6.07, 6.45) is 3.66. The van der Waals surface area contributed by atoms with Gasteiger partial charge in [0, 0.05) is 6.07 Å². The van der Waals surface area contributed by atoms with E-state index >= 15 is 0 Å². The van der Waals surface area contributed by atoms with Crippen molar-refractivity contribution in [2.45, 2.75) is 6.61 Å². The Morgan fingerprint density at radius 2 is 2.14 bits per heavy atom. The van der Waals surface area contributed by atoms with Gasteiger partial charge in [-0.05, 0) is 36.1 Å². The van der Waals surface area contributed by atoms with Crippen LogP contribution in [0.3, 0.4) is 0 Å². The second kappa shape index (κ2) is 8.05. The molecular weight excluding hydrogens is 301 g/mol. The molecule has 0 spiro atoms. The molecule has 112 valence electrons. The van der Waals surface area contributed by atoms with E-state index in [1.54, 1.807) is 24.3 Å². The highest BCUT2D eigenvalue weighted by Gasteiger charge is 2.01. The lowest BCUT2D eigenvalue weighted by Gasteiger charge is -2.07. The number of halogens is 1. The van der Waals surface area contributed by atoms with Gasteiger partial charge in [0.15, 0.2) is 11.4 Å². The molecule has 0 saturated carbocycles. The molecule has 0 aliphatic rings. The standard InChI is InChI=1S/C16H14FN3OS/c1-22-16(19-11-18)20-14-6-3-7-15(9-14)21-10-12-4-2-5-13(17)8-12/h2-9H,10H2,1H3,(H,19,20). The van der Waals surface area contributed by atoms with Gasteiger partial charge in [-0.1, -0.05) is 30.0 Å². The molecule has 0 atom stereocenters. The molecular formula is C16H14FN3OS. The van der Waals surface area contributed by atoms with Crippen LogP contribution in [0.25, 0.3) is 0 Å². The Hall–Kier alpha value is -2.52. The van der Waals surface area contributed by atoms with Gasteiger partial charge in [-0.3, -0.25) is 5.32 Å². The molecule has 2 rings (SSSR count). The first kappa shape index (κ1) is 15.9. The third-order valence-corrected chi connectivity index (χ3v) is 3.28. The molecule has 4 nitrogen and oxygen atoms in total. The zero-order valence-corrected chi connectivity index (χ0v) is 12.7. The number of nitrogens with zero attached hydrogens (tertiary/aromatic N) is 2. The van der Waals surface area contributed by atoms with Crippen molar-refractivity contribution in [3.05, 3.63) is 59.9 Å². The van der Waals surface area contributed by atoms with Crippen LogP contribution in [0.15, 0.2) is 53.5 Å². The lowest BCUT2D eigenvalue weighted by Crippen LogP contribution is -2.12. The fourth-order valence-corrected chi connectivity index (χ4v) is 2.07. The second-order valence-corrected chi connectivity index (χ2v) is 5.07. The summed E-state index contributed by atoms with van der Waals surface area (Å²) in [5.74, 6) is 0.342. The molecule has 0 aromatic heterocycles. The van der Waals surface area contributed by atoms with Crippen molar-refractivity contribution in [1.29, 1.82) is 5.26 Å². The number of thioether (sulfide) groups is 1. The number of rotatable bonds is 4. The van der Waals surface area contributed by atoms with E-state index in [4.69, 9.17) is 10.00 Å². The number of ether oxygens (including phenoxy) is 1. The highest BCUT2D eigenvalue weighted by atomic mass is 32.2. The van der Waals surface area contributed by atoms with Crippen molar-refractivity contribution < 1.29 is 9.13 Å². The molecule has 1 N–H and O–H groups in total. The highest BCUT2D eigenvalue weighted by Crippen LogP contribution is 2.22. The number of nitriles is 1. The van der Waals surface area contributed by atoms with Crippen LogP contribution in [0, 0.1) is 17.3 Å². The fourth-order valence-electron chi connectivity index (χ4n) is 1.73. The van der Waals surface area contributed by atoms with E-state index in [1.165, 1.54) is 23.9 Å². The summed E-state index contributed by atoms with van der Waals surface area (Å²) >= 11 is 1.34. The molecule has 0 aliphatic heterocycles. The van der Waals surface area contributed by atoms with Crippen LogP contribution in [0.4, 0.5) is 10.1 Å².